The highest BCUT2D eigenvalue weighted by molar-refractivity contribution is 6.32. The molecule has 3 aliphatic rings. The summed E-state index contributed by atoms with van der Waals surface area (Å²) in [5, 5.41) is 0. The third kappa shape index (κ3) is 2.71. The number of hydrogen-bond acceptors (Lipinski definition) is 5. The fourth-order valence-corrected chi connectivity index (χ4v) is 6.29. The number of Topliss-reactive ketones (excluding diaryl/α,β-unsaturated/α-hetero) is 3. The van der Waals surface area contributed by atoms with Gasteiger partial charge in [-0.05, 0) is 42.8 Å². The van der Waals surface area contributed by atoms with Crippen molar-refractivity contribution in [1.82, 2.24) is 0 Å². The van der Waals surface area contributed by atoms with Crippen LogP contribution in [0.1, 0.15) is 44.7 Å². The van der Waals surface area contributed by atoms with E-state index in [0.29, 0.717) is 33.7 Å². The van der Waals surface area contributed by atoms with Crippen molar-refractivity contribution >= 4 is 29.1 Å². The average molecular weight is 467 g/mol. The Balaban J connectivity index is 1.66. The van der Waals surface area contributed by atoms with E-state index in [2.05, 4.69) is 0 Å². The number of anilines is 1. The Labute approximate surface area is 201 Å². The first-order valence-electron chi connectivity index (χ1n) is 11.5. The van der Waals surface area contributed by atoms with Crippen molar-refractivity contribution in [2.75, 3.05) is 12.0 Å². The second kappa shape index (κ2) is 7.47. The van der Waals surface area contributed by atoms with E-state index in [1.807, 2.05) is 17.0 Å². The lowest BCUT2D eigenvalue weighted by Crippen LogP contribution is -2.48. The molecule has 0 saturated carbocycles. The van der Waals surface area contributed by atoms with Gasteiger partial charge in [-0.25, -0.2) is 4.39 Å². The normalized spacial score (nSPS) is 23.3. The van der Waals surface area contributed by atoms with E-state index in [1.54, 1.807) is 61.7 Å². The smallest absolute Gasteiger partial charge is 0.180 e. The van der Waals surface area contributed by atoms with E-state index in [1.165, 1.54) is 19.1 Å². The fraction of sp³-hybridized carbons (Fsp3) is 0.207. The maximum absolute atomic E-state index is 14.2. The molecule has 6 heteroatoms. The van der Waals surface area contributed by atoms with Crippen molar-refractivity contribution < 1.29 is 23.5 Å². The van der Waals surface area contributed by atoms with Gasteiger partial charge in [0, 0.05) is 28.3 Å². The molecule has 1 saturated heterocycles. The average Bonchev–Trinajstić information content (AvgIpc) is 3.30. The second-order valence-corrected chi connectivity index (χ2v) is 9.29. The zero-order chi connectivity index (χ0) is 24.5. The van der Waals surface area contributed by atoms with Crippen LogP contribution in [0.4, 0.5) is 10.1 Å². The van der Waals surface area contributed by atoms with Crippen LogP contribution in [-0.4, -0.2) is 36.5 Å². The van der Waals surface area contributed by atoms with Crippen LogP contribution >= 0.6 is 0 Å². The van der Waals surface area contributed by atoms with Gasteiger partial charge in [0.1, 0.15) is 17.0 Å². The number of benzene rings is 3. The first kappa shape index (κ1) is 21.5. The molecule has 0 amide bonds. The third-order valence-electron chi connectivity index (χ3n) is 7.66. The number of nitrogens with zero attached hydrogens (tertiary/aromatic N) is 1. The quantitative estimate of drug-likeness (QED) is 0.515. The first-order chi connectivity index (χ1) is 16.9. The number of rotatable bonds is 3. The summed E-state index contributed by atoms with van der Waals surface area (Å²) >= 11 is 0. The molecule has 3 unspecified atom stereocenters. The van der Waals surface area contributed by atoms with E-state index in [4.69, 9.17) is 4.74 Å². The zero-order valence-corrected chi connectivity index (χ0v) is 19.2. The summed E-state index contributed by atoms with van der Waals surface area (Å²) in [6, 6.07) is 16.9. The highest BCUT2D eigenvalue weighted by Gasteiger charge is 2.71. The Kier molecular flexibility index (Phi) is 4.58. The highest BCUT2D eigenvalue weighted by Crippen LogP contribution is 2.60. The van der Waals surface area contributed by atoms with Crippen molar-refractivity contribution in [1.29, 1.82) is 0 Å². The van der Waals surface area contributed by atoms with Gasteiger partial charge >= 0.3 is 0 Å². The molecule has 0 radical (unpaired) electrons. The predicted octanol–water partition coefficient (Wildman–Crippen LogP) is 4.86. The van der Waals surface area contributed by atoms with Gasteiger partial charge in [0.05, 0.1) is 19.2 Å². The molecule has 1 fully saturated rings. The Morgan fingerprint density at radius 3 is 2.23 bits per heavy atom. The summed E-state index contributed by atoms with van der Waals surface area (Å²) in [6.45, 7) is 1.48. The molecular formula is C29H22FNO4. The number of halogens is 1. The van der Waals surface area contributed by atoms with Crippen molar-refractivity contribution in [3.63, 3.8) is 0 Å². The maximum Gasteiger partial charge on any atom is 0.180 e. The number of methoxy groups -OCH3 is 1. The van der Waals surface area contributed by atoms with Crippen LogP contribution in [0.25, 0.3) is 6.08 Å². The van der Waals surface area contributed by atoms with Gasteiger partial charge < -0.3 is 9.64 Å². The van der Waals surface area contributed by atoms with Gasteiger partial charge in [0.2, 0.25) is 0 Å². The Hall–Kier alpha value is -4.06. The van der Waals surface area contributed by atoms with Gasteiger partial charge in [0.15, 0.2) is 17.3 Å². The number of carbonyl (C=O) groups is 3. The Morgan fingerprint density at radius 1 is 0.971 bits per heavy atom. The first-order valence-corrected chi connectivity index (χ1v) is 11.5. The number of fused-ring (bicyclic) bond motifs is 5. The predicted molar refractivity (Wildman–Crippen MR) is 129 cm³/mol. The molecule has 1 spiro atoms. The molecule has 0 aromatic heterocycles. The van der Waals surface area contributed by atoms with Crippen LogP contribution in [0.2, 0.25) is 0 Å². The minimum atomic E-state index is -1.53. The molecule has 0 N–H and O–H groups in total. The molecular weight excluding hydrogens is 445 g/mol. The molecule has 1 aliphatic carbocycles. The monoisotopic (exact) mass is 467 g/mol. The van der Waals surface area contributed by atoms with E-state index in [9.17, 15) is 18.8 Å². The number of ether oxygens (including phenoxy) is 1. The molecule has 2 aliphatic heterocycles. The molecule has 5 nitrogen and oxygen atoms in total. The molecule has 6 rings (SSSR count). The van der Waals surface area contributed by atoms with Crippen molar-refractivity contribution in [3.8, 4) is 5.75 Å². The topological polar surface area (TPSA) is 63.7 Å². The maximum atomic E-state index is 14.2. The zero-order valence-electron chi connectivity index (χ0n) is 19.2. The van der Waals surface area contributed by atoms with Crippen molar-refractivity contribution in [2.45, 2.75) is 24.9 Å². The number of ketones is 3. The molecule has 2 heterocycles. The van der Waals surface area contributed by atoms with Crippen LogP contribution in [0.15, 0.2) is 72.8 Å². The summed E-state index contributed by atoms with van der Waals surface area (Å²) in [6.07, 6.45) is 3.53. The fourth-order valence-electron chi connectivity index (χ4n) is 6.29. The second-order valence-electron chi connectivity index (χ2n) is 9.29. The van der Waals surface area contributed by atoms with E-state index in [-0.39, 0.29) is 17.3 Å². The SMILES string of the molecule is COc1ccc(C2C(C(C)=O)N3c4ccc(F)cc4C=CC3C23C(=O)c2ccccc2C3=O)cc1. The molecule has 3 aromatic carbocycles. The lowest BCUT2D eigenvalue weighted by Gasteiger charge is -2.37. The van der Waals surface area contributed by atoms with Crippen LogP contribution in [0, 0.1) is 11.2 Å². The molecule has 3 aromatic rings. The van der Waals surface area contributed by atoms with Gasteiger partial charge in [-0.15, -0.1) is 0 Å². The Bertz CT molecular complexity index is 1410. The van der Waals surface area contributed by atoms with Crippen molar-refractivity contribution in [2.24, 2.45) is 5.41 Å². The van der Waals surface area contributed by atoms with E-state index < -0.39 is 29.2 Å². The number of carbonyl (C=O) groups excluding carboxylic acids is 3. The summed E-state index contributed by atoms with van der Waals surface area (Å²) in [5.41, 5.74) is 1.15. The van der Waals surface area contributed by atoms with E-state index in [0.717, 1.165) is 0 Å². The largest absolute Gasteiger partial charge is 0.497 e. The summed E-state index contributed by atoms with van der Waals surface area (Å²) in [7, 11) is 1.56. The molecule has 0 bridgehead atoms. The minimum absolute atomic E-state index is 0.171. The van der Waals surface area contributed by atoms with Crippen molar-refractivity contribution in [3.05, 3.63) is 101 Å². The van der Waals surface area contributed by atoms with Gasteiger partial charge in [-0.2, -0.15) is 0 Å². The standard InChI is InChI=1S/C29H22FNO4/c1-16(32)26-25(17-7-11-20(35-2)12-8-17)29(27(33)21-5-3-4-6-22(21)28(29)34)24-14-9-18-15-19(30)10-13-23(18)31(24)26/h3-15,24-26H,1-2H3. The number of hydrogen-bond donors (Lipinski definition) is 0. The summed E-state index contributed by atoms with van der Waals surface area (Å²) < 4.78 is 19.4. The summed E-state index contributed by atoms with van der Waals surface area (Å²) in [5.74, 6) is -1.25. The minimum Gasteiger partial charge on any atom is -0.497 e. The molecule has 35 heavy (non-hydrogen) atoms. The van der Waals surface area contributed by atoms with Gasteiger partial charge in [-0.3, -0.25) is 14.4 Å². The van der Waals surface area contributed by atoms with E-state index >= 15 is 0 Å². The molecule has 3 atom stereocenters. The van der Waals surface area contributed by atoms with Gasteiger partial charge in [0.25, 0.3) is 0 Å². The summed E-state index contributed by atoms with van der Waals surface area (Å²) in [4.78, 5) is 43.7. The molecule has 174 valence electrons. The third-order valence-corrected chi connectivity index (χ3v) is 7.66. The lowest BCUT2D eigenvalue weighted by atomic mass is 9.64. The van der Waals surface area contributed by atoms with Crippen LogP contribution in [0.3, 0.4) is 0 Å². The Morgan fingerprint density at radius 2 is 1.63 bits per heavy atom. The van der Waals surface area contributed by atoms with Crippen LogP contribution < -0.4 is 9.64 Å². The van der Waals surface area contributed by atoms with Crippen LogP contribution in [0.5, 0.6) is 5.75 Å². The highest BCUT2D eigenvalue weighted by atomic mass is 19.1. The lowest BCUT2D eigenvalue weighted by molar-refractivity contribution is -0.118. The van der Waals surface area contributed by atoms with Crippen LogP contribution in [-0.2, 0) is 4.79 Å². The van der Waals surface area contributed by atoms with Gasteiger partial charge in [-0.1, -0.05) is 48.6 Å².